The first-order valence-corrected chi connectivity index (χ1v) is 10.8. The number of amides is 1. The van der Waals surface area contributed by atoms with Crippen molar-refractivity contribution in [1.82, 2.24) is 0 Å². The molecule has 0 saturated carbocycles. The van der Waals surface area contributed by atoms with Crippen LogP contribution in [-0.2, 0) is 9.84 Å². The van der Waals surface area contributed by atoms with E-state index in [4.69, 9.17) is 11.6 Å². The molecular formula is C19H21ClN2O3S. The monoisotopic (exact) mass is 392 g/mol. The third kappa shape index (κ3) is 4.19. The number of hydrogen-bond acceptors (Lipinski definition) is 4. The summed E-state index contributed by atoms with van der Waals surface area (Å²) in [5.41, 5.74) is 1.80. The van der Waals surface area contributed by atoms with Gasteiger partial charge in [0.25, 0.3) is 5.91 Å². The van der Waals surface area contributed by atoms with Gasteiger partial charge in [0, 0.05) is 19.3 Å². The molecule has 1 N–H and O–H groups in total. The zero-order chi connectivity index (χ0) is 18.7. The van der Waals surface area contributed by atoms with Crippen LogP contribution >= 0.6 is 11.6 Å². The van der Waals surface area contributed by atoms with Gasteiger partial charge in [-0.2, -0.15) is 0 Å². The summed E-state index contributed by atoms with van der Waals surface area (Å²) in [4.78, 5) is 15.1. The van der Waals surface area contributed by atoms with E-state index < -0.39 is 15.7 Å². The molecule has 138 valence electrons. The average molecular weight is 393 g/mol. The van der Waals surface area contributed by atoms with E-state index in [1.165, 1.54) is 24.6 Å². The molecule has 3 rings (SSSR count). The number of sulfone groups is 1. The minimum absolute atomic E-state index is 0.0661. The Hall–Kier alpha value is -2.05. The van der Waals surface area contributed by atoms with Crippen molar-refractivity contribution in [2.75, 3.05) is 29.6 Å². The number of benzene rings is 2. The number of carbonyl (C=O) groups is 1. The Kier molecular flexibility index (Phi) is 5.53. The second kappa shape index (κ2) is 7.68. The molecule has 0 spiro atoms. The van der Waals surface area contributed by atoms with E-state index in [-0.39, 0.29) is 15.5 Å². The Morgan fingerprint density at radius 2 is 1.77 bits per heavy atom. The molecule has 1 aliphatic heterocycles. The molecule has 1 fully saturated rings. The van der Waals surface area contributed by atoms with Crippen LogP contribution in [0.1, 0.15) is 29.6 Å². The number of hydrogen-bond donors (Lipinski definition) is 1. The maximum absolute atomic E-state index is 12.7. The molecule has 2 aromatic rings. The van der Waals surface area contributed by atoms with Crippen molar-refractivity contribution in [2.24, 2.45) is 0 Å². The Balaban J connectivity index is 1.89. The summed E-state index contributed by atoms with van der Waals surface area (Å²) in [7, 11) is -3.42. The number of halogens is 1. The fraction of sp³-hybridized carbons (Fsp3) is 0.316. The number of anilines is 2. The van der Waals surface area contributed by atoms with Crippen molar-refractivity contribution in [3.05, 3.63) is 53.1 Å². The molecule has 0 atom stereocenters. The van der Waals surface area contributed by atoms with Gasteiger partial charge in [0.1, 0.15) is 0 Å². The quantitative estimate of drug-likeness (QED) is 0.854. The van der Waals surface area contributed by atoms with E-state index in [9.17, 15) is 13.2 Å². The smallest absolute Gasteiger partial charge is 0.257 e. The van der Waals surface area contributed by atoms with Gasteiger partial charge in [-0.3, -0.25) is 4.79 Å². The van der Waals surface area contributed by atoms with Gasteiger partial charge in [0.2, 0.25) is 0 Å². The number of rotatable bonds is 4. The normalized spacial score (nSPS) is 14.9. The number of para-hydroxylation sites is 2. The molecule has 2 aromatic carbocycles. The molecule has 0 unspecified atom stereocenters. The van der Waals surface area contributed by atoms with Gasteiger partial charge in [0.05, 0.1) is 26.9 Å². The van der Waals surface area contributed by atoms with Crippen molar-refractivity contribution >= 4 is 38.7 Å². The van der Waals surface area contributed by atoms with Crippen LogP contribution in [-0.4, -0.2) is 33.7 Å². The Labute approximate surface area is 158 Å². The van der Waals surface area contributed by atoms with Crippen LogP contribution in [0.4, 0.5) is 11.4 Å². The highest BCUT2D eigenvalue weighted by Gasteiger charge is 2.19. The van der Waals surface area contributed by atoms with Gasteiger partial charge < -0.3 is 10.2 Å². The highest BCUT2D eigenvalue weighted by molar-refractivity contribution is 7.90. The van der Waals surface area contributed by atoms with Gasteiger partial charge >= 0.3 is 0 Å². The Morgan fingerprint density at radius 1 is 1.08 bits per heavy atom. The standard InChI is InChI=1S/C19H21ClN2O3S/c1-26(24,25)14-9-10-16(20)15(13-14)19(23)21-17-7-3-4-8-18(17)22-11-5-2-6-12-22/h3-4,7-10,13H,2,5-6,11-12H2,1H3,(H,21,23). The van der Waals surface area contributed by atoms with E-state index >= 15 is 0 Å². The van der Waals surface area contributed by atoms with Crippen LogP contribution in [0.5, 0.6) is 0 Å². The van der Waals surface area contributed by atoms with E-state index in [1.54, 1.807) is 0 Å². The first kappa shape index (κ1) is 18.7. The number of carbonyl (C=O) groups excluding carboxylic acids is 1. The highest BCUT2D eigenvalue weighted by atomic mass is 35.5. The van der Waals surface area contributed by atoms with Crippen molar-refractivity contribution in [3.63, 3.8) is 0 Å². The van der Waals surface area contributed by atoms with E-state index in [1.807, 2.05) is 24.3 Å². The van der Waals surface area contributed by atoms with Gasteiger partial charge in [0.15, 0.2) is 9.84 Å². The maximum atomic E-state index is 12.7. The van der Waals surface area contributed by atoms with E-state index in [0.717, 1.165) is 37.9 Å². The van der Waals surface area contributed by atoms with Crippen molar-refractivity contribution in [3.8, 4) is 0 Å². The summed E-state index contributed by atoms with van der Waals surface area (Å²) in [6, 6.07) is 11.8. The Bertz CT molecular complexity index is 922. The second-order valence-electron chi connectivity index (χ2n) is 6.43. The van der Waals surface area contributed by atoms with Crippen molar-refractivity contribution in [1.29, 1.82) is 0 Å². The third-order valence-electron chi connectivity index (χ3n) is 4.46. The van der Waals surface area contributed by atoms with E-state index in [2.05, 4.69) is 10.2 Å². The van der Waals surface area contributed by atoms with Crippen LogP contribution < -0.4 is 10.2 Å². The summed E-state index contributed by atoms with van der Waals surface area (Å²) in [5.74, 6) is -0.426. The lowest BCUT2D eigenvalue weighted by Gasteiger charge is -2.30. The molecule has 0 bridgehead atoms. The minimum atomic E-state index is -3.42. The zero-order valence-electron chi connectivity index (χ0n) is 14.5. The summed E-state index contributed by atoms with van der Waals surface area (Å²) >= 11 is 6.13. The van der Waals surface area contributed by atoms with Crippen LogP contribution in [0.3, 0.4) is 0 Å². The van der Waals surface area contributed by atoms with Crippen LogP contribution in [0.15, 0.2) is 47.4 Å². The van der Waals surface area contributed by atoms with Crippen LogP contribution in [0.2, 0.25) is 5.02 Å². The molecule has 1 heterocycles. The van der Waals surface area contributed by atoms with Gasteiger partial charge in [-0.15, -0.1) is 0 Å². The number of nitrogens with one attached hydrogen (secondary N) is 1. The largest absolute Gasteiger partial charge is 0.370 e. The summed E-state index contributed by atoms with van der Waals surface area (Å²) in [6.45, 7) is 1.91. The minimum Gasteiger partial charge on any atom is -0.370 e. The summed E-state index contributed by atoms with van der Waals surface area (Å²) in [5, 5.41) is 3.10. The first-order valence-electron chi connectivity index (χ1n) is 8.51. The molecule has 0 radical (unpaired) electrons. The molecule has 5 nitrogen and oxygen atoms in total. The van der Waals surface area contributed by atoms with Crippen LogP contribution in [0, 0.1) is 0 Å². The van der Waals surface area contributed by atoms with Gasteiger partial charge in [-0.05, 0) is 49.6 Å². The second-order valence-corrected chi connectivity index (χ2v) is 8.86. The molecule has 0 aliphatic carbocycles. The SMILES string of the molecule is CS(=O)(=O)c1ccc(Cl)c(C(=O)Nc2ccccc2N2CCCCC2)c1. The van der Waals surface area contributed by atoms with Gasteiger partial charge in [-0.1, -0.05) is 23.7 Å². The lowest BCUT2D eigenvalue weighted by Crippen LogP contribution is -2.30. The topological polar surface area (TPSA) is 66.5 Å². The third-order valence-corrected chi connectivity index (χ3v) is 5.90. The lowest BCUT2D eigenvalue weighted by atomic mass is 10.1. The number of piperidine rings is 1. The number of nitrogens with zero attached hydrogens (tertiary/aromatic N) is 1. The molecular weight excluding hydrogens is 372 g/mol. The molecule has 7 heteroatoms. The molecule has 1 aliphatic rings. The van der Waals surface area contributed by atoms with Crippen molar-refractivity contribution < 1.29 is 13.2 Å². The maximum Gasteiger partial charge on any atom is 0.257 e. The first-order chi connectivity index (χ1) is 12.4. The zero-order valence-corrected chi connectivity index (χ0v) is 16.1. The molecule has 26 heavy (non-hydrogen) atoms. The van der Waals surface area contributed by atoms with E-state index in [0.29, 0.717) is 5.69 Å². The lowest BCUT2D eigenvalue weighted by molar-refractivity contribution is 0.102. The predicted octanol–water partition coefficient (Wildman–Crippen LogP) is 3.99. The van der Waals surface area contributed by atoms with Gasteiger partial charge in [-0.25, -0.2) is 8.42 Å². The summed E-state index contributed by atoms with van der Waals surface area (Å²) < 4.78 is 23.5. The predicted molar refractivity (Wildman–Crippen MR) is 105 cm³/mol. The Morgan fingerprint density at radius 3 is 2.46 bits per heavy atom. The highest BCUT2D eigenvalue weighted by Crippen LogP contribution is 2.29. The molecule has 1 amide bonds. The molecule has 1 saturated heterocycles. The fourth-order valence-electron chi connectivity index (χ4n) is 3.09. The summed E-state index contributed by atoms with van der Waals surface area (Å²) in [6.07, 6.45) is 4.58. The average Bonchev–Trinajstić information content (AvgIpc) is 2.62. The van der Waals surface area contributed by atoms with Crippen molar-refractivity contribution in [2.45, 2.75) is 24.2 Å². The molecule has 0 aromatic heterocycles. The van der Waals surface area contributed by atoms with Crippen LogP contribution in [0.25, 0.3) is 0 Å². The fourth-order valence-corrected chi connectivity index (χ4v) is 3.94.